The first-order chi connectivity index (χ1) is 9.78. The number of alkyl halides is 3. The van der Waals surface area contributed by atoms with Crippen LogP contribution in [0.3, 0.4) is 0 Å². The van der Waals surface area contributed by atoms with Crippen LogP contribution in [0.1, 0.15) is 31.7 Å². The zero-order valence-electron chi connectivity index (χ0n) is 11.7. The highest BCUT2D eigenvalue weighted by Gasteiger charge is 2.40. The van der Waals surface area contributed by atoms with Crippen LogP contribution < -0.4 is 4.90 Å². The number of anilines is 1. The molecule has 0 amide bonds. The van der Waals surface area contributed by atoms with Crippen LogP contribution >= 0.6 is 0 Å². The van der Waals surface area contributed by atoms with Gasteiger partial charge in [-0.15, -0.1) is 0 Å². The number of rotatable bonds is 3. The fourth-order valence-corrected chi connectivity index (χ4v) is 2.62. The second-order valence-corrected chi connectivity index (χ2v) is 5.33. The third-order valence-corrected chi connectivity index (χ3v) is 4.25. The Balaban J connectivity index is 2.07. The summed E-state index contributed by atoms with van der Waals surface area (Å²) in [6.45, 7) is 2.82. The zero-order valence-corrected chi connectivity index (χ0v) is 11.7. The molecule has 1 aromatic rings. The maximum atomic E-state index is 12.5. The van der Waals surface area contributed by atoms with E-state index < -0.39 is 23.1 Å². The Bertz CT molecular complexity index is 506. The van der Waals surface area contributed by atoms with Gasteiger partial charge in [0.1, 0.15) is 5.82 Å². The molecule has 2 rings (SSSR count). The molecule has 1 aliphatic heterocycles. The fraction of sp³-hybridized carbons (Fsp3) is 0.571. The zero-order chi connectivity index (χ0) is 15.7. The van der Waals surface area contributed by atoms with Crippen molar-refractivity contribution in [1.29, 1.82) is 0 Å². The second-order valence-electron chi connectivity index (χ2n) is 5.33. The first-order valence-electron chi connectivity index (χ1n) is 6.80. The Morgan fingerprint density at radius 1 is 1.38 bits per heavy atom. The van der Waals surface area contributed by atoms with E-state index in [1.165, 1.54) is 6.07 Å². The number of carboxylic acid groups (broad SMARTS) is 1. The smallest absolute Gasteiger partial charge is 0.417 e. The van der Waals surface area contributed by atoms with Crippen molar-refractivity contribution in [3.63, 3.8) is 0 Å². The number of hydrogen-bond donors (Lipinski definition) is 1. The summed E-state index contributed by atoms with van der Waals surface area (Å²) in [5.41, 5.74) is -1.50. The Morgan fingerprint density at radius 2 is 2.00 bits per heavy atom. The molecule has 0 radical (unpaired) electrons. The predicted molar refractivity (Wildman–Crippen MR) is 71.0 cm³/mol. The molecule has 7 heteroatoms. The van der Waals surface area contributed by atoms with Gasteiger partial charge in [0.15, 0.2) is 0 Å². The van der Waals surface area contributed by atoms with Crippen molar-refractivity contribution in [2.24, 2.45) is 5.41 Å². The molecule has 1 aromatic heterocycles. The molecule has 1 N–H and O–H groups in total. The van der Waals surface area contributed by atoms with Gasteiger partial charge in [-0.25, -0.2) is 4.98 Å². The highest BCUT2D eigenvalue weighted by atomic mass is 19.4. The lowest BCUT2D eigenvalue weighted by molar-refractivity contribution is -0.150. The largest absolute Gasteiger partial charge is 0.481 e. The SMILES string of the molecule is CCC1(C(=O)O)CCN(c2ccc(C(F)(F)F)cn2)CC1. The van der Waals surface area contributed by atoms with E-state index in [2.05, 4.69) is 4.98 Å². The van der Waals surface area contributed by atoms with Crippen molar-refractivity contribution >= 4 is 11.8 Å². The quantitative estimate of drug-likeness (QED) is 0.931. The molecule has 0 aliphatic carbocycles. The van der Waals surface area contributed by atoms with Crippen molar-refractivity contribution in [2.45, 2.75) is 32.4 Å². The lowest BCUT2D eigenvalue weighted by atomic mass is 9.76. The van der Waals surface area contributed by atoms with Crippen molar-refractivity contribution in [2.75, 3.05) is 18.0 Å². The number of carbonyl (C=O) groups is 1. The van der Waals surface area contributed by atoms with Gasteiger partial charge in [0, 0.05) is 19.3 Å². The van der Waals surface area contributed by atoms with E-state index in [1.807, 2.05) is 11.8 Å². The maximum Gasteiger partial charge on any atom is 0.417 e. The van der Waals surface area contributed by atoms with Crippen LogP contribution in [-0.2, 0) is 11.0 Å². The summed E-state index contributed by atoms with van der Waals surface area (Å²) in [4.78, 5) is 17.0. The molecule has 2 heterocycles. The number of piperidine rings is 1. The van der Waals surface area contributed by atoms with Gasteiger partial charge < -0.3 is 10.0 Å². The molecule has 0 bridgehead atoms. The molecule has 0 atom stereocenters. The predicted octanol–water partition coefficient (Wildman–Crippen LogP) is 3.18. The van der Waals surface area contributed by atoms with Gasteiger partial charge in [0.2, 0.25) is 0 Å². The van der Waals surface area contributed by atoms with Crippen LogP contribution in [0, 0.1) is 5.41 Å². The van der Waals surface area contributed by atoms with E-state index in [1.54, 1.807) is 0 Å². The Kier molecular flexibility index (Phi) is 4.11. The number of halogens is 3. The number of carboxylic acids is 1. The highest BCUT2D eigenvalue weighted by Crippen LogP contribution is 2.36. The van der Waals surface area contributed by atoms with E-state index in [0.717, 1.165) is 12.3 Å². The first kappa shape index (κ1) is 15.6. The number of nitrogens with zero attached hydrogens (tertiary/aromatic N) is 2. The molecule has 0 spiro atoms. The van der Waals surface area contributed by atoms with E-state index in [0.29, 0.717) is 38.2 Å². The summed E-state index contributed by atoms with van der Waals surface area (Å²) in [7, 11) is 0. The van der Waals surface area contributed by atoms with Crippen LogP contribution in [0.25, 0.3) is 0 Å². The van der Waals surface area contributed by atoms with Crippen molar-refractivity contribution in [3.8, 4) is 0 Å². The lowest BCUT2D eigenvalue weighted by Crippen LogP contribution is -2.44. The van der Waals surface area contributed by atoms with E-state index in [4.69, 9.17) is 0 Å². The molecule has 21 heavy (non-hydrogen) atoms. The molecule has 0 aromatic carbocycles. The fourth-order valence-electron chi connectivity index (χ4n) is 2.62. The molecule has 1 aliphatic rings. The minimum absolute atomic E-state index is 0.457. The summed E-state index contributed by atoms with van der Waals surface area (Å²) >= 11 is 0. The standard InChI is InChI=1S/C14H17F3N2O2/c1-2-13(12(20)21)5-7-19(8-6-13)11-4-3-10(9-18-11)14(15,16)17/h3-4,9H,2,5-8H2,1H3,(H,20,21). The summed E-state index contributed by atoms with van der Waals surface area (Å²) in [5.74, 6) is -0.344. The summed E-state index contributed by atoms with van der Waals surface area (Å²) in [5, 5.41) is 9.31. The highest BCUT2D eigenvalue weighted by molar-refractivity contribution is 5.75. The Morgan fingerprint density at radius 3 is 2.38 bits per heavy atom. The van der Waals surface area contributed by atoms with Gasteiger partial charge in [0.25, 0.3) is 0 Å². The number of pyridine rings is 1. The summed E-state index contributed by atoms with van der Waals surface area (Å²) in [6, 6.07) is 2.34. The van der Waals surface area contributed by atoms with Crippen molar-refractivity contribution in [1.82, 2.24) is 4.98 Å². The third-order valence-electron chi connectivity index (χ3n) is 4.25. The minimum atomic E-state index is -4.39. The number of aliphatic carboxylic acids is 1. The molecule has 0 unspecified atom stereocenters. The molecule has 1 saturated heterocycles. The molecule has 116 valence electrons. The van der Waals surface area contributed by atoms with Crippen LogP contribution in [0.15, 0.2) is 18.3 Å². The average Bonchev–Trinajstić information content (AvgIpc) is 2.46. The number of hydrogen-bond acceptors (Lipinski definition) is 3. The Hall–Kier alpha value is -1.79. The second kappa shape index (κ2) is 5.54. The number of aromatic nitrogens is 1. The molecule has 4 nitrogen and oxygen atoms in total. The minimum Gasteiger partial charge on any atom is -0.481 e. The normalized spacial score (nSPS) is 18.6. The van der Waals surface area contributed by atoms with Gasteiger partial charge in [0.05, 0.1) is 11.0 Å². The van der Waals surface area contributed by atoms with Gasteiger partial charge in [-0.05, 0) is 31.4 Å². The monoisotopic (exact) mass is 302 g/mol. The van der Waals surface area contributed by atoms with Gasteiger partial charge in [-0.3, -0.25) is 4.79 Å². The lowest BCUT2D eigenvalue weighted by Gasteiger charge is -2.38. The molecular weight excluding hydrogens is 285 g/mol. The third kappa shape index (κ3) is 3.11. The first-order valence-corrected chi connectivity index (χ1v) is 6.80. The topological polar surface area (TPSA) is 53.4 Å². The van der Waals surface area contributed by atoms with Crippen LogP contribution in [-0.4, -0.2) is 29.1 Å². The van der Waals surface area contributed by atoms with Gasteiger partial charge >= 0.3 is 12.1 Å². The summed E-state index contributed by atoms with van der Waals surface area (Å²) < 4.78 is 37.4. The molecule has 0 saturated carbocycles. The van der Waals surface area contributed by atoms with Gasteiger partial charge in [-0.1, -0.05) is 6.92 Å². The maximum absolute atomic E-state index is 12.5. The Labute approximate surface area is 120 Å². The van der Waals surface area contributed by atoms with E-state index in [-0.39, 0.29) is 0 Å². The van der Waals surface area contributed by atoms with Crippen LogP contribution in [0.2, 0.25) is 0 Å². The van der Waals surface area contributed by atoms with Crippen LogP contribution in [0.4, 0.5) is 19.0 Å². The van der Waals surface area contributed by atoms with Gasteiger partial charge in [-0.2, -0.15) is 13.2 Å². The van der Waals surface area contributed by atoms with Crippen molar-refractivity contribution in [3.05, 3.63) is 23.9 Å². The van der Waals surface area contributed by atoms with Crippen molar-refractivity contribution < 1.29 is 23.1 Å². The average molecular weight is 302 g/mol. The summed E-state index contributed by atoms with van der Waals surface area (Å²) in [6.07, 6.45) is -2.08. The molecule has 1 fully saturated rings. The van der Waals surface area contributed by atoms with E-state index >= 15 is 0 Å². The van der Waals surface area contributed by atoms with E-state index in [9.17, 15) is 23.1 Å². The molecular formula is C14H17F3N2O2. The van der Waals surface area contributed by atoms with Crippen LogP contribution in [0.5, 0.6) is 0 Å².